The van der Waals surface area contributed by atoms with Crippen LogP contribution in [0.25, 0.3) is 0 Å². The number of amides is 1. The number of hydrogen-bond donors (Lipinski definition) is 0. The lowest BCUT2D eigenvalue weighted by Gasteiger charge is -2.47. The van der Waals surface area contributed by atoms with E-state index in [-0.39, 0.29) is 11.9 Å². The van der Waals surface area contributed by atoms with Crippen molar-refractivity contribution in [3.8, 4) is 0 Å². The topological polar surface area (TPSA) is 36.0 Å². The first kappa shape index (κ1) is 18.9. The molecule has 0 saturated carbocycles. The van der Waals surface area contributed by atoms with E-state index in [1.54, 1.807) is 23.2 Å². The predicted molar refractivity (Wildman–Crippen MR) is 106 cm³/mol. The van der Waals surface area contributed by atoms with Gasteiger partial charge in [0.1, 0.15) is 5.70 Å². The summed E-state index contributed by atoms with van der Waals surface area (Å²) in [5.74, 6) is -0.108. The van der Waals surface area contributed by atoms with Crippen LogP contribution in [-0.4, -0.2) is 47.8 Å². The summed E-state index contributed by atoms with van der Waals surface area (Å²) < 4.78 is 5.17. The van der Waals surface area contributed by atoms with Gasteiger partial charge in [0.2, 0.25) is 0 Å². The highest BCUT2D eigenvalue weighted by Gasteiger charge is 2.37. The zero-order valence-corrected chi connectivity index (χ0v) is 15.6. The van der Waals surface area contributed by atoms with E-state index in [0.717, 1.165) is 11.1 Å². The fraction of sp³-hybridized carbons (Fsp3) is 0.227. The van der Waals surface area contributed by atoms with Crippen molar-refractivity contribution in [2.75, 3.05) is 26.9 Å². The second-order valence-corrected chi connectivity index (χ2v) is 6.34. The highest BCUT2D eigenvalue weighted by molar-refractivity contribution is 5.93. The Morgan fingerprint density at radius 3 is 2.11 bits per heavy atom. The molecule has 0 radical (unpaired) electrons. The van der Waals surface area contributed by atoms with E-state index in [9.17, 15) is 4.79 Å². The van der Waals surface area contributed by atoms with E-state index in [2.05, 4.69) is 42.4 Å². The molecule has 1 aliphatic heterocycles. The smallest absolute Gasteiger partial charge is 0.272 e. The molecule has 140 valence electrons. The minimum atomic E-state index is -0.108. The van der Waals surface area contributed by atoms with Crippen molar-refractivity contribution >= 4 is 5.91 Å². The zero-order chi connectivity index (χ0) is 19.2. The van der Waals surface area contributed by atoms with E-state index in [1.165, 1.54) is 0 Å². The molecular formula is C22H25N3O2. The quantitative estimate of drug-likeness (QED) is 0.707. The third-order valence-electron chi connectivity index (χ3n) is 4.67. The van der Waals surface area contributed by atoms with Crippen molar-refractivity contribution in [2.45, 2.75) is 6.04 Å². The van der Waals surface area contributed by atoms with Gasteiger partial charge in [-0.25, -0.2) is 0 Å². The van der Waals surface area contributed by atoms with Gasteiger partial charge in [-0.05, 0) is 11.1 Å². The zero-order valence-electron chi connectivity index (χ0n) is 15.6. The Morgan fingerprint density at radius 1 is 1.07 bits per heavy atom. The van der Waals surface area contributed by atoms with Crippen LogP contribution in [0.1, 0.15) is 17.2 Å². The molecule has 0 unspecified atom stereocenters. The van der Waals surface area contributed by atoms with Crippen LogP contribution in [0.5, 0.6) is 0 Å². The van der Waals surface area contributed by atoms with Gasteiger partial charge in [0, 0.05) is 19.9 Å². The number of hydrazine groups is 1. The summed E-state index contributed by atoms with van der Waals surface area (Å²) in [5.41, 5.74) is 2.64. The van der Waals surface area contributed by atoms with Crippen LogP contribution >= 0.6 is 0 Å². The van der Waals surface area contributed by atoms with Gasteiger partial charge in [-0.3, -0.25) is 9.80 Å². The molecule has 0 N–H and O–H groups in total. The molecule has 1 amide bonds. The number of methoxy groups -OCH3 is 1. The van der Waals surface area contributed by atoms with Gasteiger partial charge < -0.3 is 9.64 Å². The molecule has 1 fully saturated rings. The van der Waals surface area contributed by atoms with Gasteiger partial charge >= 0.3 is 0 Å². The Balaban J connectivity index is 2.04. The summed E-state index contributed by atoms with van der Waals surface area (Å²) in [6, 6.07) is 20.4. The first-order chi connectivity index (χ1) is 13.2. The number of ether oxygens (including phenoxy) is 1. The molecule has 0 aliphatic carbocycles. The molecule has 0 spiro atoms. The number of carbonyl (C=O) groups is 1. The van der Waals surface area contributed by atoms with Crippen molar-refractivity contribution in [1.29, 1.82) is 0 Å². The van der Waals surface area contributed by atoms with E-state index in [0.29, 0.717) is 25.5 Å². The summed E-state index contributed by atoms with van der Waals surface area (Å²) in [7, 11) is 1.63. The van der Waals surface area contributed by atoms with E-state index < -0.39 is 0 Å². The summed E-state index contributed by atoms with van der Waals surface area (Å²) in [6.45, 7) is 9.31. The van der Waals surface area contributed by atoms with Crippen LogP contribution < -0.4 is 0 Å². The van der Waals surface area contributed by atoms with Gasteiger partial charge in [-0.2, -0.15) is 5.01 Å². The average Bonchev–Trinajstić information content (AvgIpc) is 2.71. The maximum absolute atomic E-state index is 12.7. The minimum Gasteiger partial charge on any atom is -0.383 e. The molecule has 2 aromatic rings. The number of carbonyl (C=O) groups excluding carboxylic acids is 1. The second kappa shape index (κ2) is 8.66. The Morgan fingerprint density at radius 2 is 1.63 bits per heavy atom. The summed E-state index contributed by atoms with van der Waals surface area (Å²) in [6.07, 6.45) is 1.65. The lowest BCUT2D eigenvalue weighted by atomic mass is 9.98. The fourth-order valence-electron chi connectivity index (χ4n) is 3.34. The Bertz CT molecular complexity index is 752. The first-order valence-corrected chi connectivity index (χ1v) is 8.92. The Kier molecular flexibility index (Phi) is 6.06. The second-order valence-electron chi connectivity index (χ2n) is 6.34. The van der Waals surface area contributed by atoms with Crippen molar-refractivity contribution in [3.05, 3.63) is 96.8 Å². The first-order valence-electron chi connectivity index (χ1n) is 8.92. The normalized spacial score (nSPS) is 15.5. The van der Waals surface area contributed by atoms with Crippen LogP contribution in [0.15, 0.2) is 85.7 Å². The van der Waals surface area contributed by atoms with E-state index in [1.807, 2.05) is 36.4 Å². The maximum Gasteiger partial charge on any atom is 0.272 e. The van der Waals surface area contributed by atoms with Gasteiger partial charge in [0.15, 0.2) is 0 Å². The van der Waals surface area contributed by atoms with Gasteiger partial charge in [-0.1, -0.05) is 73.8 Å². The van der Waals surface area contributed by atoms with Crippen molar-refractivity contribution < 1.29 is 9.53 Å². The van der Waals surface area contributed by atoms with Crippen LogP contribution in [0.3, 0.4) is 0 Å². The van der Waals surface area contributed by atoms with Crippen LogP contribution in [0, 0.1) is 0 Å². The van der Waals surface area contributed by atoms with Crippen LogP contribution in [0.4, 0.5) is 0 Å². The highest BCUT2D eigenvalue weighted by Crippen LogP contribution is 2.34. The molecule has 5 heteroatoms. The van der Waals surface area contributed by atoms with Crippen LogP contribution in [-0.2, 0) is 9.53 Å². The monoisotopic (exact) mass is 363 g/mol. The highest BCUT2D eigenvalue weighted by atomic mass is 16.5. The molecule has 1 saturated heterocycles. The van der Waals surface area contributed by atoms with Crippen molar-refractivity contribution in [3.63, 3.8) is 0 Å². The van der Waals surface area contributed by atoms with E-state index in [4.69, 9.17) is 4.74 Å². The summed E-state index contributed by atoms with van der Waals surface area (Å²) in [4.78, 5) is 14.5. The molecule has 5 nitrogen and oxygen atoms in total. The van der Waals surface area contributed by atoms with Crippen LogP contribution in [0.2, 0.25) is 0 Å². The fourth-order valence-corrected chi connectivity index (χ4v) is 3.34. The Labute approximate surface area is 160 Å². The van der Waals surface area contributed by atoms with Crippen molar-refractivity contribution in [1.82, 2.24) is 14.9 Å². The largest absolute Gasteiger partial charge is 0.383 e. The summed E-state index contributed by atoms with van der Waals surface area (Å²) in [5, 5.41) is 3.87. The Hall–Kier alpha value is -2.89. The maximum atomic E-state index is 12.7. The number of hydrogen-bond acceptors (Lipinski definition) is 4. The standard InChI is InChI=1S/C22H25N3O2/c1-4-24-18(2)22(26)23(15-16-27-3)17-25(24)21(19-11-7-5-8-12-19)20-13-9-6-10-14-20/h4-14,21H,1-2,15-17H2,3H3. The molecule has 27 heavy (non-hydrogen) atoms. The molecule has 0 aromatic heterocycles. The molecule has 2 aromatic carbocycles. The third kappa shape index (κ3) is 3.94. The number of nitrogens with zero attached hydrogens (tertiary/aromatic N) is 3. The predicted octanol–water partition coefficient (Wildman–Crippen LogP) is 3.40. The average molecular weight is 363 g/mol. The lowest BCUT2D eigenvalue weighted by molar-refractivity contribution is -0.148. The van der Waals surface area contributed by atoms with Gasteiger partial charge in [-0.15, -0.1) is 0 Å². The van der Waals surface area contributed by atoms with Gasteiger partial charge in [0.25, 0.3) is 5.91 Å². The molecule has 0 atom stereocenters. The van der Waals surface area contributed by atoms with E-state index >= 15 is 0 Å². The SMILES string of the molecule is C=CN1C(=C)C(=O)N(CCOC)CN1C(c1ccccc1)c1ccccc1. The third-order valence-corrected chi connectivity index (χ3v) is 4.67. The minimum absolute atomic E-state index is 0.0831. The number of benzene rings is 2. The molecule has 3 rings (SSSR count). The summed E-state index contributed by atoms with van der Waals surface area (Å²) >= 11 is 0. The van der Waals surface area contributed by atoms with Gasteiger partial charge in [0.05, 0.1) is 19.3 Å². The molecular weight excluding hydrogens is 338 g/mol. The molecule has 1 aliphatic rings. The number of rotatable bonds is 7. The lowest BCUT2D eigenvalue weighted by Crippen LogP contribution is -2.57. The molecule has 0 bridgehead atoms. The molecule has 1 heterocycles. The van der Waals surface area contributed by atoms with Crippen molar-refractivity contribution in [2.24, 2.45) is 0 Å².